The topological polar surface area (TPSA) is 61.4 Å². The Bertz CT molecular complexity index is 1040. The summed E-state index contributed by atoms with van der Waals surface area (Å²) in [6.45, 7) is 23.6. The maximum absolute atomic E-state index is 13.6. The third-order valence-electron chi connectivity index (χ3n) is 7.59. The molecule has 0 aromatic heterocycles. The van der Waals surface area contributed by atoms with Gasteiger partial charge in [0.15, 0.2) is 5.78 Å². The van der Waals surface area contributed by atoms with Gasteiger partial charge >= 0.3 is 0 Å². The molecule has 2 heterocycles. The SMILES string of the molecule is C=C/C(=C\C(NC)C(C)=O)c1ccc(F)cc1F.CC.CC.CC(=O)CC1CN(C(C)C)C1.CC1C=CCCC(C2CC2)N1. The van der Waals surface area contributed by atoms with Crippen LogP contribution in [0.2, 0.25) is 0 Å². The first-order valence-corrected chi connectivity index (χ1v) is 16.6. The normalized spacial score (nSPS) is 20.4. The third-order valence-corrected chi connectivity index (χ3v) is 7.59. The van der Waals surface area contributed by atoms with Gasteiger partial charge in [0.05, 0.1) is 6.04 Å². The lowest BCUT2D eigenvalue weighted by atomic mass is 9.93. The van der Waals surface area contributed by atoms with Crippen LogP contribution in [0.15, 0.2) is 49.1 Å². The minimum Gasteiger partial charge on any atom is -0.308 e. The summed E-state index contributed by atoms with van der Waals surface area (Å²) in [5, 5.41) is 6.45. The summed E-state index contributed by atoms with van der Waals surface area (Å²) in [5.74, 6) is 0.570. The van der Waals surface area contributed by atoms with Crippen LogP contribution in [0.3, 0.4) is 0 Å². The number of halogens is 2. The van der Waals surface area contributed by atoms with E-state index in [1.165, 1.54) is 44.7 Å². The predicted octanol–water partition coefficient (Wildman–Crippen LogP) is 8.16. The molecule has 1 saturated carbocycles. The number of benzene rings is 1. The maximum atomic E-state index is 13.6. The highest BCUT2D eigenvalue weighted by Gasteiger charge is 2.31. The molecular formula is C37H61F2N3O2. The number of carbonyl (C=O) groups is 2. The summed E-state index contributed by atoms with van der Waals surface area (Å²) < 4.78 is 26.4. The van der Waals surface area contributed by atoms with Gasteiger partial charge in [-0.15, -0.1) is 0 Å². The molecule has 2 N–H and O–H groups in total. The molecule has 1 saturated heterocycles. The Balaban J connectivity index is 0.000000618. The second-order valence-electron chi connectivity index (χ2n) is 11.6. The van der Waals surface area contributed by atoms with Crippen molar-refractivity contribution in [3.05, 3.63) is 66.3 Å². The van der Waals surface area contributed by atoms with Gasteiger partial charge in [-0.3, -0.25) is 4.79 Å². The molecule has 2 aliphatic heterocycles. The van der Waals surface area contributed by atoms with E-state index < -0.39 is 17.7 Å². The number of nitrogens with one attached hydrogen (secondary N) is 2. The van der Waals surface area contributed by atoms with Gasteiger partial charge < -0.3 is 20.3 Å². The molecule has 1 aliphatic carbocycles. The van der Waals surface area contributed by atoms with Crippen molar-refractivity contribution in [3.63, 3.8) is 0 Å². The van der Waals surface area contributed by atoms with Crippen LogP contribution >= 0.6 is 0 Å². The molecule has 7 heteroatoms. The molecule has 0 radical (unpaired) electrons. The van der Waals surface area contributed by atoms with Gasteiger partial charge in [0.25, 0.3) is 0 Å². The number of ketones is 2. The second kappa shape index (κ2) is 22.9. The van der Waals surface area contributed by atoms with Gasteiger partial charge in [0, 0.05) is 49.3 Å². The zero-order valence-corrected chi connectivity index (χ0v) is 29.2. The van der Waals surface area contributed by atoms with Crippen molar-refractivity contribution in [2.24, 2.45) is 11.8 Å². The fourth-order valence-electron chi connectivity index (χ4n) is 5.07. The predicted molar refractivity (Wildman–Crippen MR) is 184 cm³/mol. The van der Waals surface area contributed by atoms with E-state index in [1.54, 1.807) is 20.0 Å². The van der Waals surface area contributed by atoms with Crippen molar-refractivity contribution in [2.45, 2.75) is 119 Å². The highest BCUT2D eigenvalue weighted by Crippen LogP contribution is 2.35. The maximum Gasteiger partial charge on any atom is 0.150 e. The van der Waals surface area contributed by atoms with Crippen molar-refractivity contribution in [2.75, 3.05) is 20.1 Å². The lowest BCUT2D eigenvalue weighted by molar-refractivity contribution is -0.119. The Labute approximate surface area is 267 Å². The van der Waals surface area contributed by atoms with Crippen molar-refractivity contribution in [1.29, 1.82) is 0 Å². The van der Waals surface area contributed by atoms with E-state index >= 15 is 0 Å². The van der Waals surface area contributed by atoms with Crippen LogP contribution in [-0.2, 0) is 9.59 Å². The minimum absolute atomic E-state index is 0.0978. The average molecular weight is 618 g/mol. The number of allylic oxidation sites excluding steroid dienone is 3. The van der Waals surface area contributed by atoms with Crippen LogP contribution in [0.25, 0.3) is 5.57 Å². The van der Waals surface area contributed by atoms with E-state index in [0.717, 1.165) is 43.6 Å². The highest BCUT2D eigenvalue weighted by molar-refractivity contribution is 5.87. The summed E-state index contributed by atoms with van der Waals surface area (Å²) in [6, 6.07) is 4.83. The molecule has 3 unspecified atom stereocenters. The molecule has 5 nitrogen and oxygen atoms in total. The number of hydrogen-bond donors (Lipinski definition) is 2. The van der Waals surface area contributed by atoms with Gasteiger partial charge in [0.1, 0.15) is 17.4 Å². The van der Waals surface area contributed by atoms with Crippen molar-refractivity contribution in [3.8, 4) is 0 Å². The zero-order valence-electron chi connectivity index (χ0n) is 29.2. The Morgan fingerprint density at radius 1 is 1.09 bits per heavy atom. The van der Waals surface area contributed by atoms with Crippen molar-refractivity contribution < 1.29 is 18.4 Å². The van der Waals surface area contributed by atoms with Gasteiger partial charge in [-0.1, -0.05) is 58.6 Å². The van der Waals surface area contributed by atoms with Crippen LogP contribution in [0.4, 0.5) is 8.78 Å². The minimum atomic E-state index is -0.681. The van der Waals surface area contributed by atoms with E-state index in [2.05, 4.69) is 55.0 Å². The lowest BCUT2D eigenvalue weighted by Gasteiger charge is -2.41. The van der Waals surface area contributed by atoms with Crippen LogP contribution in [0, 0.1) is 23.5 Å². The number of nitrogens with zero attached hydrogens (tertiary/aromatic N) is 1. The van der Waals surface area contributed by atoms with E-state index in [4.69, 9.17) is 0 Å². The second-order valence-corrected chi connectivity index (χ2v) is 11.6. The largest absolute Gasteiger partial charge is 0.308 e. The third kappa shape index (κ3) is 16.0. The van der Waals surface area contributed by atoms with Crippen molar-refractivity contribution in [1.82, 2.24) is 15.5 Å². The Kier molecular flexibility index (Phi) is 21.7. The molecule has 3 aliphatic rings. The summed E-state index contributed by atoms with van der Waals surface area (Å²) in [7, 11) is 1.63. The Hall–Kier alpha value is -2.48. The number of likely N-dealkylation sites (N-methyl/N-ethyl adjacent to an activating group) is 1. The lowest BCUT2D eigenvalue weighted by Crippen LogP contribution is -2.50. The van der Waals surface area contributed by atoms with Gasteiger partial charge in [0.2, 0.25) is 0 Å². The molecule has 250 valence electrons. The summed E-state index contributed by atoms with van der Waals surface area (Å²) >= 11 is 0. The smallest absolute Gasteiger partial charge is 0.150 e. The molecule has 44 heavy (non-hydrogen) atoms. The number of likely N-dealkylation sites (tertiary alicyclic amines) is 1. The zero-order chi connectivity index (χ0) is 33.8. The number of rotatable bonds is 9. The summed E-state index contributed by atoms with van der Waals surface area (Å²) in [4.78, 5) is 24.4. The molecule has 1 aromatic carbocycles. The molecular weight excluding hydrogens is 556 g/mol. The Morgan fingerprint density at radius 3 is 2.16 bits per heavy atom. The van der Waals surface area contributed by atoms with E-state index in [1.807, 2.05) is 27.7 Å². The Morgan fingerprint density at radius 2 is 1.70 bits per heavy atom. The molecule has 4 rings (SSSR count). The molecule has 0 bridgehead atoms. The molecule has 0 spiro atoms. The molecule has 3 atom stereocenters. The number of hydrogen-bond acceptors (Lipinski definition) is 5. The quantitative estimate of drug-likeness (QED) is 0.216. The highest BCUT2D eigenvalue weighted by atomic mass is 19.1. The van der Waals surface area contributed by atoms with Gasteiger partial charge in [-0.2, -0.15) is 0 Å². The van der Waals surface area contributed by atoms with E-state index in [0.29, 0.717) is 29.4 Å². The van der Waals surface area contributed by atoms with Crippen LogP contribution < -0.4 is 10.6 Å². The fourth-order valence-corrected chi connectivity index (χ4v) is 5.07. The van der Waals surface area contributed by atoms with Crippen LogP contribution in [-0.4, -0.2) is 60.8 Å². The molecule has 0 amide bonds. The summed E-state index contributed by atoms with van der Waals surface area (Å²) in [6.07, 6.45) is 13.9. The average Bonchev–Trinajstić information content (AvgIpc) is 3.83. The first kappa shape index (κ1) is 41.5. The molecule has 2 fully saturated rings. The van der Waals surface area contributed by atoms with Crippen LogP contribution in [0.5, 0.6) is 0 Å². The van der Waals surface area contributed by atoms with Crippen LogP contribution in [0.1, 0.15) is 100.0 Å². The number of carbonyl (C=O) groups excluding carboxylic acids is 2. The fraction of sp³-hybridized carbons (Fsp3) is 0.622. The summed E-state index contributed by atoms with van der Waals surface area (Å²) in [5.41, 5.74) is 0.662. The first-order chi connectivity index (χ1) is 20.9. The van der Waals surface area contributed by atoms with Crippen molar-refractivity contribution >= 4 is 17.1 Å². The van der Waals surface area contributed by atoms with E-state index in [9.17, 15) is 18.4 Å². The monoisotopic (exact) mass is 617 g/mol. The number of Topliss-reactive ketones (excluding diaryl/α,β-unsaturated/α-hetero) is 2. The first-order valence-electron chi connectivity index (χ1n) is 16.6. The molecule has 1 aromatic rings. The van der Waals surface area contributed by atoms with E-state index in [-0.39, 0.29) is 11.3 Å². The van der Waals surface area contributed by atoms with Gasteiger partial charge in [-0.25, -0.2) is 8.78 Å². The standard InChI is InChI=1S/C14H15F2NO.C10H17N.C9H17NO.2C2H6/c1-4-10(7-14(17-3)9(2)18)12-6-5-11(15)8-13(12)16;1-8-4-2-3-5-10(11-8)9-6-7-9;1-7(2)10-5-9(6-10)4-8(3)11;2*1-2/h4-8,14,17H,1H2,2-3H3;2,4,8-11H,3,5-7H2,1H3;7,9H,4-6H2,1-3H3;2*1-2H3/b10-7+;;;;. The van der Waals surface area contributed by atoms with Gasteiger partial charge in [-0.05, 0) is 96.9 Å².